The number of carbonyl (C=O) groups excluding carboxylic acids is 1. The van der Waals surface area contributed by atoms with E-state index in [-0.39, 0.29) is 5.97 Å². The van der Waals surface area contributed by atoms with Crippen molar-refractivity contribution in [2.24, 2.45) is 0 Å². The van der Waals surface area contributed by atoms with Gasteiger partial charge in [0.25, 0.3) is 0 Å². The third-order valence-corrected chi connectivity index (χ3v) is 3.62. The zero-order valence-corrected chi connectivity index (χ0v) is 12.5. The van der Waals surface area contributed by atoms with Gasteiger partial charge in [-0.3, -0.25) is 0 Å². The molecule has 0 saturated heterocycles. The number of esters is 1. The summed E-state index contributed by atoms with van der Waals surface area (Å²) in [5.74, 6) is 1.21. The maximum absolute atomic E-state index is 11.7. The van der Waals surface area contributed by atoms with E-state index in [1.165, 1.54) is 7.11 Å². The first-order valence-electron chi connectivity index (χ1n) is 6.93. The molecule has 0 amide bonds. The van der Waals surface area contributed by atoms with Gasteiger partial charge in [-0.15, -0.1) is 0 Å². The molecule has 0 unspecified atom stereocenters. The molecule has 0 aliphatic carbocycles. The van der Waals surface area contributed by atoms with Crippen molar-refractivity contribution >= 4 is 11.5 Å². The van der Waals surface area contributed by atoms with Gasteiger partial charge in [0.1, 0.15) is 18.1 Å². The number of ether oxygens (including phenoxy) is 3. The average Bonchev–Trinajstić information content (AvgIpc) is 2.60. The number of rotatable bonds is 3. The van der Waals surface area contributed by atoms with Crippen LogP contribution < -0.4 is 9.47 Å². The van der Waals surface area contributed by atoms with Crippen molar-refractivity contribution < 1.29 is 19.0 Å². The van der Waals surface area contributed by atoms with E-state index in [0.29, 0.717) is 12.2 Å². The van der Waals surface area contributed by atoms with Crippen LogP contribution in [0.4, 0.5) is 0 Å². The van der Waals surface area contributed by atoms with Gasteiger partial charge in [0.05, 0.1) is 19.8 Å². The smallest absolute Gasteiger partial charge is 0.337 e. The Labute approximate surface area is 128 Å². The highest BCUT2D eigenvalue weighted by molar-refractivity contribution is 5.93. The normalized spacial score (nSPS) is 12.7. The van der Waals surface area contributed by atoms with Crippen molar-refractivity contribution in [3.05, 3.63) is 65.2 Å². The zero-order valence-electron chi connectivity index (χ0n) is 12.5. The molecule has 1 aliphatic rings. The molecule has 2 aromatic rings. The Kier molecular flexibility index (Phi) is 3.83. The fourth-order valence-corrected chi connectivity index (χ4v) is 2.48. The lowest BCUT2D eigenvalue weighted by Crippen LogP contribution is -2.08. The molecule has 22 heavy (non-hydrogen) atoms. The Morgan fingerprint density at radius 2 is 1.86 bits per heavy atom. The van der Waals surface area contributed by atoms with Gasteiger partial charge in [-0.05, 0) is 47.5 Å². The number of benzene rings is 2. The summed E-state index contributed by atoms with van der Waals surface area (Å²) in [6.45, 7) is 0.506. The van der Waals surface area contributed by atoms with Crippen molar-refractivity contribution in [1.29, 1.82) is 0 Å². The van der Waals surface area contributed by atoms with Crippen LogP contribution in [0.15, 0.2) is 48.5 Å². The van der Waals surface area contributed by atoms with E-state index in [1.54, 1.807) is 25.3 Å². The van der Waals surface area contributed by atoms with Crippen LogP contribution in [0.5, 0.6) is 11.5 Å². The lowest BCUT2D eigenvalue weighted by molar-refractivity contribution is 0.0600. The fraction of sp³-hybridized carbons (Fsp3) is 0.167. The molecular formula is C18H16O4. The summed E-state index contributed by atoms with van der Waals surface area (Å²) in [6.07, 6.45) is 2.01. The fourth-order valence-electron chi connectivity index (χ4n) is 2.48. The summed E-state index contributed by atoms with van der Waals surface area (Å²) < 4.78 is 15.6. The summed E-state index contributed by atoms with van der Waals surface area (Å²) in [5, 5.41) is 0. The minimum atomic E-state index is -0.359. The van der Waals surface area contributed by atoms with Crippen LogP contribution in [-0.2, 0) is 4.74 Å². The second-order valence-electron chi connectivity index (χ2n) is 4.86. The van der Waals surface area contributed by atoms with E-state index < -0.39 is 0 Å². The molecule has 0 spiro atoms. The van der Waals surface area contributed by atoms with Gasteiger partial charge < -0.3 is 14.2 Å². The number of fused-ring (bicyclic) bond motifs is 1. The van der Waals surface area contributed by atoms with E-state index in [9.17, 15) is 4.79 Å². The molecule has 112 valence electrons. The van der Waals surface area contributed by atoms with E-state index >= 15 is 0 Å². The quantitative estimate of drug-likeness (QED) is 0.815. The van der Waals surface area contributed by atoms with Gasteiger partial charge in [0.15, 0.2) is 0 Å². The molecule has 1 aliphatic heterocycles. The molecule has 4 heteroatoms. The maximum atomic E-state index is 11.7. The molecular weight excluding hydrogens is 280 g/mol. The molecule has 0 radical (unpaired) electrons. The number of hydrogen-bond donors (Lipinski definition) is 0. The van der Waals surface area contributed by atoms with Crippen LogP contribution in [0.25, 0.3) is 5.57 Å². The molecule has 0 bridgehead atoms. The molecule has 3 rings (SSSR count). The summed E-state index contributed by atoms with van der Waals surface area (Å²) in [5.41, 5.74) is 3.48. The Bertz CT molecular complexity index is 729. The number of hydrogen-bond acceptors (Lipinski definition) is 4. The Balaban J connectivity index is 2.04. The van der Waals surface area contributed by atoms with Crippen molar-refractivity contribution in [2.75, 3.05) is 20.8 Å². The van der Waals surface area contributed by atoms with Gasteiger partial charge in [0.2, 0.25) is 0 Å². The Morgan fingerprint density at radius 3 is 2.55 bits per heavy atom. The van der Waals surface area contributed by atoms with Crippen LogP contribution in [0.1, 0.15) is 21.5 Å². The number of methoxy groups -OCH3 is 2. The van der Waals surface area contributed by atoms with Crippen LogP contribution in [-0.4, -0.2) is 26.8 Å². The van der Waals surface area contributed by atoms with Crippen LogP contribution in [0.2, 0.25) is 0 Å². The molecule has 4 nitrogen and oxygen atoms in total. The Hall–Kier alpha value is -2.75. The highest BCUT2D eigenvalue weighted by Crippen LogP contribution is 2.35. The van der Waals surface area contributed by atoms with Gasteiger partial charge in [-0.2, -0.15) is 0 Å². The molecule has 0 fully saturated rings. The lowest BCUT2D eigenvalue weighted by Gasteiger charge is -2.20. The second kappa shape index (κ2) is 5.93. The molecule has 2 aromatic carbocycles. The van der Waals surface area contributed by atoms with E-state index in [1.807, 2.05) is 30.3 Å². The molecule has 0 N–H and O–H groups in total. The molecule has 1 heterocycles. The first kappa shape index (κ1) is 14.2. The van der Waals surface area contributed by atoms with Crippen molar-refractivity contribution in [2.45, 2.75) is 0 Å². The Morgan fingerprint density at radius 1 is 1.09 bits per heavy atom. The van der Waals surface area contributed by atoms with E-state index in [4.69, 9.17) is 14.2 Å². The average molecular weight is 296 g/mol. The topological polar surface area (TPSA) is 44.8 Å². The largest absolute Gasteiger partial charge is 0.497 e. The summed E-state index contributed by atoms with van der Waals surface area (Å²) in [7, 11) is 3.01. The third kappa shape index (κ3) is 2.55. The number of carbonyl (C=O) groups is 1. The maximum Gasteiger partial charge on any atom is 0.337 e. The monoisotopic (exact) mass is 296 g/mol. The first-order chi connectivity index (χ1) is 10.7. The minimum absolute atomic E-state index is 0.359. The molecule has 0 aromatic heterocycles. The van der Waals surface area contributed by atoms with Gasteiger partial charge in [0, 0.05) is 5.56 Å². The van der Waals surface area contributed by atoms with Crippen LogP contribution in [0, 0.1) is 0 Å². The summed E-state index contributed by atoms with van der Waals surface area (Å²) in [4.78, 5) is 11.7. The van der Waals surface area contributed by atoms with Crippen molar-refractivity contribution in [1.82, 2.24) is 0 Å². The zero-order chi connectivity index (χ0) is 15.5. The molecule has 0 atom stereocenters. The highest BCUT2D eigenvalue weighted by atomic mass is 16.5. The summed E-state index contributed by atoms with van der Waals surface area (Å²) >= 11 is 0. The van der Waals surface area contributed by atoms with Crippen LogP contribution in [0.3, 0.4) is 0 Å². The third-order valence-electron chi connectivity index (χ3n) is 3.62. The molecule has 0 saturated carbocycles. The van der Waals surface area contributed by atoms with Gasteiger partial charge >= 0.3 is 5.97 Å². The van der Waals surface area contributed by atoms with Gasteiger partial charge in [-0.25, -0.2) is 4.79 Å². The first-order valence-corrected chi connectivity index (χ1v) is 6.93. The second-order valence-corrected chi connectivity index (χ2v) is 4.86. The van der Waals surface area contributed by atoms with Crippen molar-refractivity contribution in [3.8, 4) is 11.5 Å². The lowest BCUT2D eigenvalue weighted by atomic mass is 9.94. The highest BCUT2D eigenvalue weighted by Gasteiger charge is 2.18. The van der Waals surface area contributed by atoms with Crippen molar-refractivity contribution in [3.63, 3.8) is 0 Å². The van der Waals surface area contributed by atoms with Gasteiger partial charge in [-0.1, -0.05) is 12.1 Å². The van der Waals surface area contributed by atoms with E-state index in [0.717, 1.165) is 28.2 Å². The summed E-state index contributed by atoms with van der Waals surface area (Å²) in [6, 6.07) is 13.1. The predicted molar refractivity (Wildman–Crippen MR) is 83.3 cm³/mol. The SMILES string of the molecule is COC(=O)c1ccc2c(c1)C(c1ccc(OC)cc1)=CCO2. The van der Waals surface area contributed by atoms with Crippen LogP contribution >= 0.6 is 0 Å². The predicted octanol–water partition coefficient (Wildman–Crippen LogP) is 3.31. The minimum Gasteiger partial charge on any atom is -0.497 e. The standard InChI is InChI=1S/C18H16O4/c1-20-14-6-3-12(4-7-14)15-9-10-22-17-8-5-13(11-16(15)17)18(19)21-2/h3-9,11H,10H2,1-2H3. The van der Waals surface area contributed by atoms with E-state index in [2.05, 4.69) is 0 Å².